The van der Waals surface area contributed by atoms with Crippen LogP contribution in [0.5, 0.6) is 6.01 Å². The first-order valence-electron chi connectivity index (χ1n) is 5.97. The van der Waals surface area contributed by atoms with Crippen LogP contribution in [0.15, 0.2) is 6.20 Å². The van der Waals surface area contributed by atoms with E-state index in [1.54, 1.807) is 6.20 Å². The zero-order valence-electron chi connectivity index (χ0n) is 10.4. The number of hydrogen-bond donors (Lipinski definition) is 1. The van der Waals surface area contributed by atoms with Gasteiger partial charge in [0, 0.05) is 24.8 Å². The van der Waals surface area contributed by atoms with Crippen LogP contribution in [0.4, 0.5) is 0 Å². The van der Waals surface area contributed by atoms with Gasteiger partial charge in [0.05, 0.1) is 12.3 Å². The Hall–Kier alpha value is -1.20. The lowest BCUT2D eigenvalue weighted by Gasteiger charge is -2.28. The largest absolute Gasteiger partial charge is 0.460 e. The van der Waals surface area contributed by atoms with Crippen LogP contribution in [-0.2, 0) is 6.61 Å². The molecule has 5 heteroatoms. The van der Waals surface area contributed by atoms with Crippen LogP contribution in [0.3, 0.4) is 0 Å². The number of aliphatic hydroxyl groups excluding tert-OH is 1. The second-order valence-corrected chi connectivity index (χ2v) is 4.54. The van der Waals surface area contributed by atoms with E-state index in [9.17, 15) is 0 Å². The van der Waals surface area contributed by atoms with Crippen LogP contribution in [-0.4, -0.2) is 46.2 Å². The molecule has 1 fully saturated rings. The fourth-order valence-corrected chi connectivity index (χ4v) is 1.93. The summed E-state index contributed by atoms with van der Waals surface area (Å²) >= 11 is 0. The molecular weight excluding hydrogens is 218 g/mol. The maximum Gasteiger partial charge on any atom is 0.316 e. The van der Waals surface area contributed by atoms with E-state index in [1.165, 1.54) is 0 Å². The van der Waals surface area contributed by atoms with Crippen LogP contribution < -0.4 is 4.74 Å². The summed E-state index contributed by atoms with van der Waals surface area (Å²) in [5.41, 5.74) is 1.53. The van der Waals surface area contributed by atoms with E-state index in [1.807, 2.05) is 6.92 Å². The average molecular weight is 237 g/mol. The van der Waals surface area contributed by atoms with Crippen molar-refractivity contribution in [1.82, 2.24) is 14.9 Å². The van der Waals surface area contributed by atoms with Crippen molar-refractivity contribution in [2.75, 3.05) is 20.1 Å². The second-order valence-electron chi connectivity index (χ2n) is 4.54. The number of piperidine rings is 1. The summed E-state index contributed by atoms with van der Waals surface area (Å²) in [7, 11) is 2.12. The van der Waals surface area contributed by atoms with E-state index < -0.39 is 0 Å². The summed E-state index contributed by atoms with van der Waals surface area (Å²) in [6, 6.07) is 0.425. The first-order valence-corrected chi connectivity index (χ1v) is 5.97. The Morgan fingerprint density at radius 3 is 2.76 bits per heavy atom. The monoisotopic (exact) mass is 237 g/mol. The van der Waals surface area contributed by atoms with Gasteiger partial charge in [0.25, 0.3) is 0 Å². The molecular formula is C12H19N3O2. The third kappa shape index (κ3) is 3.14. The highest BCUT2D eigenvalue weighted by atomic mass is 16.5. The van der Waals surface area contributed by atoms with Crippen LogP contribution in [0, 0.1) is 6.92 Å². The zero-order chi connectivity index (χ0) is 12.3. The van der Waals surface area contributed by atoms with Gasteiger partial charge in [-0.1, -0.05) is 0 Å². The molecule has 1 saturated heterocycles. The first kappa shape index (κ1) is 12.3. The molecule has 94 valence electrons. The molecule has 1 N–H and O–H groups in total. The van der Waals surface area contributed by atoms with Crippen LogP contribution >= 0.6 is 0 Å². The lowest BCUT2D eigenvalue weighted by Crippen LogP contribution is -2.36. The van der Waals surface area contributed by atoms with Gasteiger partial charge in [0.15, 0.2) is 0 Å². The number of aryl methyl sites for hydroxylation is 1. The second kappa shape index (κ2) is 5.42. The fourth-order valence-electron chi connectivity index (χ4n) is 1.93. The van der Waals surface area contributed by atoms with Crippen molar-refractivity contribution in [2.24, 2.45) is 0 Å². The maximum absolute atomic E-state index is 9.03. The molecule has 0 aromatic carbocycles. The van der Waals surface area contributed by atoms with E-state index >= 15 is 0 Å². The molecule has 1 aliphatic heterocycles. The maximum atomic E-state index is 9.03. The van der Waals surface area contributed by atoms with Gasteiger partial charge in [-0.2, -0.15) is 0 Å². The molecule has 1 aromatic rings. The van der Waals surface area contributed by atoms with Gasteiger partial charge in [0.1, 0.15) is 6.10 Å². The Morgan fingerprint density at radius 1 is 1.47 bits per heavy atom. The highest BCUT2D eigenvalue weighted by molar-refractivity contribution is 5.16. The van der Waals surface area contributed by atoms with Gasteiger partial charge in [-0.15, -0.1) is 0 Å². The quantitative estimate of drug-likeness (QED) is 0.840. The Morgan fingerprint density at radius 2 is 2.18 bits per heavy atom. The van der Waals surface area contributed by atoms with Gasteiger partial charge in [-0.25, -0.2) is 9.97 Å². The molecule has 2 heterocycles. The van der Waals surface area contributed by atoms with Crippen LogP contribution in [0.2, 0.25) is 0 Å². The summed E-state index contributed by atoms with van der Waals surface area (Å²) in [6.07, 6.45) is 3.87. The van der Waals surface area contributed by atoms with Crippen molar-refractivity contribution in [3.8, 4) is 6.01 Å². The minimum absolute atomic E-state index is 0.0274. The molecule has 1 aromatic heterocycles. The van der Waals surface area contributed by atoms with Crippen molar-refractivity contribution in [2.45, 2.75) is 32.5 Å². The predicted molar refractivity (Wildman–Crippen MR) is 63.8 cm³/mol. The molecule has 0 saturated carbocycles. The lowest BCUT2D eigenvalue weighted by atomic mass is 10.1. The standard InChI is InChI=1S/C12H19N3O2/c1-9-10(8-16)7-13-12(14-9)17-11-3-5-15(2)6-4-11/h7,11,16H,3-6,8H2,1-2H3. The molecule has 0 unspecified atom stereocenters. The first-order chi connectivity index (χ1) is 8.19. The topological polar surface area (TPSA) is 58.5 Å². The van der Waals surface area contributed by atoms with Gasteiger partial charge < -0.3 is 14.7 Å². The van der Waals surface area contributed by atoms with E-state index in [0.29, 0.717) is 6.01 Å². The fraction of sp³-hybridized carbons (Fsp3) is 0.667. The van der Waals surface area contributed by atoms with Crippen LogP contribution in [0.1, 0.15) is 24.1 Å². The van der Waals surface area contributed by atoms with Gasteiger partial charge in [0.2, 0.25) is 0 Å². The third-order valence-corrected chi connectivity index (χ3v) is 3.17. The smallest absolute Gasteiger partial charge is 0.316 e. The van der Waals surface area contributed by atoms with Crippen molar-refractivity contribution < 1.29 is 9.84 Å². The molecule has 17 heavy (non-hydrogen) atoms. The highest BCUT2D eigenvalue weighted by Gasteiger charge is 2.19. The van der Waals surface area contributed by atoms with Crippen molar-refractivity contribution in [3.63, 3.8) is 0 Å². The number of ether oxygens (including phenoxy) is 1. The molecule has 0 atom stereocenters. The SMILES string of the molecule is Cc1nc(OC2CCN(C)CC2)ncc1CO. The highest BCUT2D eigenvalue weighted by Crippen LogP contribution is 2.16. The Labute approximate surface area is 101 Å². The molecule has 1 aliphatic rings. The third-order valence-electron chi connectivity index (χ3n) is 3.17. The minimum Gasteiger partial charge on any atom is -0.460 e. The normalized spacial score (nSPS) is 18.3. The Bertz CT molecular complexity index is 376. The summed E-state index contributed by atoms with van der Waals surface area (Å²) in [5, 5.41) is 9.03. The van der Waals surface area contributed by atoms with Gasteiger partial charge >= 0.3 is 6.01 Å². The van der Waals surface area contributed by atoms with Crippen molar-refractivity contribution >= 4 is 0 Å². The van der Waals surface area contributed by atoms with Gasteiger partial charge in [-0.3, -0.25) is 0 Å². The predicted octanol–water partition coefficient (Wildman–Crippen LogP) is 0.750. The van der Waals surface area contributed by atoms with Crippen molar-refractivity contribution in [3.05, 3.63) is 17.5 Å². The average Bonchev–Trinajstić information content (AvgIpc) is 2.32. The number of rotatable bonds is 3. The summed E-state index contributed by atoms with van der Waals surface area (Å²) < 4.78 is 5.75. The molecule has 0 spiro atoms. The molecule has 5 nitrogen and oxygen atoms in total. The number of likely N-dealkylation sites (tertiary alicyclic amines) is 1. The number of hydrogen-bond acceptors (Lipinski definition) is 5. The van der Waals surface area contributed by atoms with E-state index in [0.717, 1.165) is 37.2 Å². The summed E-state index contributed by atoms with van der Waals surface area (Å²) in [4.78, 5) is 10.7. The van der Waals surface area contributed by atoms with Crippen molar-refractivity contribution in [1.29, 1.82) is 0 Å². The molecule has 0 amide bonds. The minimum atomic E-state index is -0.0274. The zero-order valence-corrected chi connectivity index (χ0v) is 10.4. The molecule has 0 aliphatic carbocycles. The summed E-state index contributed by atoms with van der Waals surface area (Å²) in [6.45, 7) is 3.94. The van der Waals surface area contributed by atoms with E-state index in [2.05, 4.69) is 21.9 Å². The Kier molecular flexibility index (Phi) is 3.91. The molecule has 0 radical (unpaired) electrons. The molecule has 2 rings (SSSR count). The number of nitrogens with zero attached hydrogens (tertiary/aromatic N) is 3. The number of aromatic nitrogens is 2. The van der Waals surface area contributed by atoms with Crippen LogP contribution in [0.25, 0.3) is 0 Å². The number of aliphatic hydroxyl groups is 1. The van der Waals surface area contributed by atoms with Gasteiger partial charge in [-0.05, 0) is 26.8 Å². The Balaban J connectivity index is 1.97. The lowest BCUT2D eigenvalue weighted by molar-refractivity contribution is 0.105. The van der Waals surface area contributed by atoms with E-state index in [4.69, 9.17) is 9.84 Å². The van der Waals surface area contributed by atoms with E-state index in [-0.39, 0.29) is 12.7 Å². The molecule has 0 bridgehead atoms. The summed E-state index contributed by atoms with van der Waals surface area (Å²) in [5.74, 6) is 0.